The van der Waals surface area contributed by atoms with Gasteiger partial charge in [-0.25, -0.2) is 9.59 Å². The number of nitrogens with two attached hydrogens (primary N) is 2. The highest BCUT2D eigenvalue weighted by Crippen LogP contribution is 1.55. The first kappa shape index (κ1) is 69.4. The monoisotopic (exact) mass is 232 g/mol. The third-order valence-corrected chi connectivity index (χ3v) is 0.201. The molecule has 0 bridgehead atoms. The van der Waals surface area contributed by atoms with Crippen molar-refractivity contribution in [2.45, 2.75) is 44.6 Å². The van der Waals surface area contributed by atoms with Gasteiger partial charge in [0.05, 0.1) is 7.11 Å². The number of rotatable bonds is 0. The van der Waals surface area contributed by atoms with Crippen molar-refractivity contribution in [2.24, 2.45) is 11.5 Å². The molecule has 6 nitrogen and oxygen atoms in total. The van der Waals surface area contributed by atoms with E-state index in [1.54, 1.807) is 0 Å². The molecule has 5 N–H and O–H groups in total. The number of methoxy groups -OCH3 is 1. The van der Waals surface area contributed by atoms with Crippen molar-refractivity contribution in [3.8, 4) is 0 Å². The number of carboxylic acid groups (broad SMARTS) is 1. The maximum Gasteiger partial charge on any atom is 0.404 e. The van der Waals surface area contributed by atoms with Crippen LogP contribution in [0.25, 0.3) is 0 Å². The Hall–Kier alpha value is -1.46. The van der Waals surface area contributed by atoms with Crippen LogP contribution in [0.15, 0.2) is 0 Å². The Morgan fingerprint density at radius 2 is 1.00 bits per heavy atom. The second-order valence-electron chi connectivity index (χ2n) is 0.861. The molecule has 0 rings (SSSR count). The molecule has 0 saturated carbocycles. The van der Waals surface area contributed by atoms with Gasteiger partial charge in [0.25, 0.3) is 0 Å². The number of carbonyl (C=O) groups excluding carboxylic acids is 1. The van der Waals surface area contributed by atoms with Crippen LogP contribution in [-0.2, 0) is 4.74 Å². The Morgan fingerprint density at radius 3 is 1.00 bits per heavy atom. The molecule has 0 aromatic heterocycles. The summed E-state index contributed by atoms with van der Waals surface area (Å²) in [4.78, 5) is 18.1. The van der Waals surface area contributed by atoms with Gasteiger partial charge in [0.1, 0.15) is 0 Å². The molecule has 0 saturated heterocycles. The van der Waals surface area contributed by atoms with Crippen molar-refractivity contribution >= 4 is 12.2 Å². The number of carbonyl (C=O) groups is 2. The average Bonchev–Trinajstić information content (AvgIpc) is 1.65. The molecule has 15 heavy (non-hydrogen) atoms. The number of ether oxygens (including phenoxy) is 1. The fourth-order valence-corrected chi connectivity index (χ4v) is 0. The maximum atomic E-state index is 9.37. The lowest BCUT2D eigenvalue weighted by molar-refractivity contribution is 0.182. The lowest BCUT2D eigenvalue weighted by atomic mass is 11.3. The minimum atomic E-state index is -1.33. The van der Waals surface area contributed by atoms with E-state index < -0.39 is 12.2 Å². The van der Waals surface area contributed by atoms with E-state index in [2.05, 4.69) is 16.2 Å². The summed E-state index contributed by atoms with van der Waals surface area (Å²) in [7, 11) is 1.22. The fourth-order valence-electron chi connectivity index (χ4n) is 0. The highest BCUT2D eigenvalue weighted by molar-refractivity contribution is 5.64. The van der Waals surface area contributed by atoms with Crippen LogP contribution in [0.2, 0.25) is 0 Å². The van der Waals surface area contributed by atoms with E-state index in [1.807, 2.05) is 0 Å². The summed E-state index contributed by atoms with van der Waals surface area (Å²) in [5, 5.41) is 7.19. The molecule has 0 aromatic rings. The largest absolute Gasteiger partial charge is 0.465 e. The SMILES string of the molecule is C.C.C.C.C.C.COC(N)=O.NC(=O)O. The van der Waals surface area contributed by atoms with E-state index in [4.69, 9.17) is 9.90 Å². The minimum absolute atomic E-state index is 0. The van der Waals surface area contributed by atoms with Crippen LogP contribution >= 0.6 is 0 Å². The molecule has 0 radical (unpaired) electrons. The van der Waals surface area contributed by atoms with Crippen LogP contribution in [-0.4, -0.2) is 24.4 Å². The Bertz CT molecular complexity index is 104. The number of hydrogen-bond acceptors (Lipinski definition) is 3. The Kier molecular flexibility index (Phi) is 252. The van der Waals surface area contributed by atoms with Crippen molar-refractivity contribution < 1.29 is 19.4 Å². The van der Waals surface area contributed by atoms with Gasteiger partial charge in [0.2, 0.25) is 0 Å². The first-order chi connectivity index (χ1) is 4.00. The first-order valence-corrected chi connectivity index (χ1v) is 1.82. The van der Waals surface area contributed by atoms with E-state index in [0.29, 0.717) is 0 Å². The van der Waals surface area contributed by atoms with Gasteiger partial charge in [-0.2, -0.15) is 0 Å². The topological polar surface area (TPSA) is 116 Å². The van der Waals surface area contributed by atoms with E-state index in [0.717, 1.165) is 0 Å². The molecule has 0 heterocycles. The van der Waals surface area contributed by atoms with Crippen LogP contribution in [0.1, 0.15) is 44.6 Å². The lowest BCUT2D eigenvalue weighted by Crippen LogP contribution is -2.08. The summed E-state index contributed by atoms with van der Waals surface area (Å²) >= 11 is 0. The second kappa shape index (κ2) is 54.4. The predicted octanol–water partition coefficient (Wildman–Crippen LogP) is 3.15. The molecule has 0 atom stereocenters. The quantitative estimate of drug-likeness (QED) is 0.594. The summed E-state index contributed by atoms with van der Waals surface area (Å²) in [5.41, 5.74) is 8.46. The van der Waals surface area contributed by atoms with Gasteiger partial charge >= 0.3 is 12.2 Å². The second-order valence-corrected chi connectivity index (χ2v) is 0.861. The van der Waals surface area contributed by atoms with Crippen molar-refractivity contribution in [1.29, 1.82) is 0 Å². The van der Waals surface area contributed by atoms with Crippen LogP contribution in [0.5, 0.6) is 0 Å². The van der Waals surface area contributed by atoms with Crippen LogP contribution < -0.4 is 11.5 Å². The maximum absolute atomic E-state index is 9.37. The van der Waals surface area contributed by atoms with E-state index >= 15 is 0 Å². The summed E-state index contributed by atoms with van der Waals surface area (Å²) in [6.45, 7) is 0. The van der Waals surface area contributed by atoms with Gasteiger partial charge in [-0.3, -0.25) is 0 Å². The summed E-state index contributed by atoms with van der Waals surface area (Å²) in [6.07, 6.45) is -2.08. The zero-order valence-corrected chi connectivity index (χ0v) is 4.83. The van der Waals surface area contributed by atoms with Crippen LogP contribution in [0.4, 0.5) is 9.59 Å². The smallest absolute Gasteiger partial charge is 0.404 e. The predicted molar refractivity (Wildman–Crippen MR) is 69.2 cm³/mol. The standard InChI is InChI=1S/C2H5NO2.CH3NO2.6CH4/c1-5-2(3)4;2-1(3)4;;;;;;/h1H3,(H2,3,4);2H2,(H,3,4);6*1H4. The molecular weight excluding hydrogens is 200 g/mol. The van der Waals surface area contributed by atoms with E-state index in [9.17, 15) is 4.79 Å². The summed E-state index contributed by atoms with van der Waals surface area (Å²) in [6, 6.07) is 0. The van der Waals surface area contributed by atoms with Gasteiger partial charge < -0.3 is 21.3 Å². The zero-order valence-electron chi connectivity index (χ0n) is 4.83. The first-order valence-electron chi connectivity index (χ1n) is 1.82. The van der Waals surface area contributed by atoms with Crippen molar-refractivity contribution in [1.82, 2.24) is 0 Å². The molecule has 102 valence electrons. The minimum Gasteiger partial charge on any atom is -0.465 e. The summed E-state index contributed by atoms with van der Waals surface area (Å²) < 4.78 is 3.89. The van der Waals surface area contributed by atoms with Gasteiger partial charge in [-0.05, 0) is 0 Å². The Labute approximate surface area is 95.6 Å². The molecule has 2 amide bonds. The van der Waals surface area contributed by atoms with E-state index in [-0.39, 0.29) is 44.6 Å². The third kappa shape index (κ3) is 4780. The Morgan fingerprint density at radius 1 is 0.933 bits per heavy atom. The van der Waals surface area contributed by atoms with Gasteiger partial charge in [0.15, 0.2) is 0 Å². The highest BCUT2D eigenvalue weighted by atomic mass is 16.5. The molecule has 6 heteroatoms. The zero-order chi connectivity index (χ0) is 7.86. The molecule has 0 aliphatic heterocycles. The fraction of sp³-hybridized carbons (Fsp3) is 0.778. The van der Waals surface area contributed by atoms with Gasteiger partial charge in [0, 0.05) is 0 Å². The van der Waals surface area contributed by atoms with Crippen molar-refractivity contribution in [3.63, 3.8) is 0 Å². The van der Waals surface area contributed by atoms with E-state index in [1.165, 1.54) is 7.11 Å². The lowest BCUT2D eigenvalue weighted by Gasteiger charge is -1.81. The van der Waals surface area contributed by atoms with Gasteiger partial charge in [-0.1, -0.05) is 44.6 Å². The number of hydrogen-bond donors (Lipinski definition) is 3. The molecular formula is C9H32N2O4. The average molecular weight is 232 g/mol. The Balaban J connectivity index is -0.00000000785. The van der Waals surface area contributed by atoms with Crippen LogP contribution in [0, 0.1) is 0 Å². The highest BCUT2D eigenvalue weighted by Gasteiger charge is 1.76. The molecule has 0 spiro atoms. The molecule has 0 unspecified atom stereocenters. The molecule has 0 fully saturated rings. The molecule has 0 aromatic carbocycles. The normalized spacial score (nSPS) is 3.80. The van der Waals surface area contributed by atoms with Gasteiger partial charge in [-0.15, -0.1) is 0 Å². The number of amides is 2. The summed E-state index contributed by atoms with van der Waals surface area (Å²) in [5.74, 6) is 0. The van der Waals surface area contributed by atoms with Crippen molar-refractivity contribution in [3.05, 3.63) is 0 Å². The third-order valence-electron chi connectivity index (χ3n) is 0.201. The molecule has 0 aliphatic rings. The van der Waals surface area contributed by atoms with Crippen molar-refractivity contribution in [2.75, 3.05) is 7.11 Å². The molecule has 0 aliphatic carbocycles. The van der Waals surface area contributed by atoms with Crippen LogP contribution in [0.3, 0.4) is 0 Å². The number of primary amides is 2.